The third-order valence-electron chi connectivity index (χ3n) is 3.27. The molecule has 2 aromatic rings. The van der Waals surface area contributed by atoms with E-state index in [2.05, 4.69) is 12.2 Å². The Labute approximate surface area is 148 Å². The minimum absolute atomic E-state index is 0.00561. The molecule has 2 aromatic carbocycles. The molecule has 0 saturated heterocycles. The number of carbonyl (C=O) groups is 1. The van der Waals surface area contributed by atoms with Crippen LogP contribution in [0, 0.1) is 14.9 Å². The van der Waals surface area contributed by atoms with E-state index in [1.165, 1.54) is 17.7 Å². The van der Waals surface area contributed by atoms with Crippen LogP contribution in [0.4, 0.5) is 5.69 Å². The molecule has 0 spiro atoms. The average Bonchev–Trinajstić information content (AvgIpc) is 2.56. The first-order chi connectivity index (χ1) is 11.0. The second-order valence-corrected chi connectivity index (χ2v) is 6.05. The van der Waals surface area contributed by atoms with Gasteiger partial charge >= 0.3 is 0 Å². The highest BCUT2D eigenvalue weighted by Crippen LogP contribution is 2.22. The van der Waals surface area contributed by atoms with E-state index in [4.69, 9.17) is 0 Å². The van der Waals surface area contributed by atoms with E-state index in [1.807, 2.05) is 52.9 Å². The summed E-state index contributed by atoms with van der Waals surface area (Å²) in [7, 11) is 0. The molecule has 0 saturated carbocycles. The van der Waals surface area contributed by atoms with E-state index in [1.54, 1.807) is 12.1 Å². The molecule has 1 amide bonds. The smallest absolute Gasteiger partial charge is 0.266 e. The van der Waals surface area contributed by atoms with Gasteiger partial charge in [-0.1, -0.05) is 25.1 Å². The molecule has 0 aromatic heterocycles. The summed E-state index contributed by atoms with van der Waals surface area (Å²) in [4.78, 5) is 12.2. The fourth-order valence-corrected chi connectivity index (χ4v) is 2.49. The molecule has 4 nitrogen and oxygen atoms in total. The maximum absolute atomic E-state index is 12.2. The summed E-state index contributed by atoms with van der Waals surface area (Å²) in [5, 5.41) is 21.4. The molecule has 0 fully saturated rings. The Morgan fingerprint density at radius 2 is 2.00 bits per heavy atom. The molecular formula is C18H15IN2O2. The number of amides is 1. The first-order valence-electron chi connectivity index (χ1n) is 7.04. The van der Waals surface area contributed by atoms with Crippen molar-refractivity contribution in [2.45, 2.75) is 13.3 Å². The summed E-state index contributed by atoms with van der Waals surface area (Å²) in [6.07, 6.45) is 2.43. The second-order valence-electron chi connectivity index (χ2n) is 4.89. The predicted molar refractivity (Wildman–Crippen MR) is 98.9 cm³/mol. The Balaban J connectivity index is 2.18. The van der Waals surface area contributed by atoms with E-state index in [0.717, 1.165) is 6.42 Å². The molecule has 0 bridgehead atoms. The molecule has 0 atom stereocenters. The van der Waals surface area contributed by atoms with Gasteiger partial charge in [-0.2, -0.15) is 5.26 Å². The molecule has 23 heavy (non-hydrogen) atoms. The van der Waals surface area contributed by atoms with E-state index in [9.17, 15) is 15.2 Å². The van der Waals surface area contributed by atoms with Crippen LogP contribution in [0.2, 0.25) is 0 Å². The number of nitrogens with zero attached hydrogens (tertiary/aromatic N) is 1. The SMILES string of the molecule is CCc1ccc(NC(=O)/C(C#N)=C\c2ccc(O)c(I)c2)cc1. The van der Waals surface area contributed by atoms with Crippen LogP contribution in [0.25, 0.3) is 6.08 Å². The number of nitrogens with one attached hydrogen (secondary N) is 1. The van der Waals surface area contributed by atoms with Crippen molar-refractivity contribution in [3.8, 4) is 11.8 Å². The molecule has 0 aliphatic rings. The summed E-state index contributed by atoms with van der Waals surface area (Å²) in [6, 6.07) is 14.3. The first kappa shape index (κ1) is 17.0. The van der Waals surface area contributed by atoms with Crippen molar-refractivity contribution < 1.29 is 9.90 Å². The van der Waals surface area contributed by atoms with Crippen LogP contribution in [0.5, 0.6) is 5.75 Å². The van der Waals surface area contributed by atoms with Gasteiger partial charge in [0.25, 0.3) is 5.91 Å². The topological polar surface area (TPSA) is 73.1 Å². The van der Waals surface area contributed by atoms with Crippen molar-refractivity contribution in [2.24, 2.45) is 0 Å². The third kappa shape index (κ3) is 4.57. The van der Waals surface area contributed by atoms with Crippen LogP contribution < -0.4 is 5.32 Å². The minimum Gasteiger partial charge on any atom is -0.507 e. The molecule has 2 rings (SSSR count). The second kappa shape index (κ2) is 7.79. The van der Waals surface area contributed by atoms with Crippen molar-refractivity contribution in [1.82, 2.24) is 0 Å². The number of nitriles is 1. The van der Waals surface area contributed by atoms with Gasteiger partial charge in [0.1, 0.15) is 17.4 Å². The standard InChI is InChI=1S/C18H15IN2O2/c1-2-12-3-6-15(7-4-12)21-18(23)14(11-20)9-13-5-8-17(22)16(19)10-13/h3-10,22H,2H2,1H3,(H,21,23)/b14-9-. The number of carbonyl (C=O) groups excluding carboxylic acids is 1. The molecule has 0 unspecified atom stereocenters. The van der Waals surface area contributed by atoms with Crippen LogP contribution in [-0.2, 0) is 11.2 Å². The molecule has 0 aliphatic heterocycles. The number of aryl methyl sites for hydroxylation is 1. The molecule has 0 aliphatic carbocycles. The molecule has 2 N–H and O–H groups in total. The van der Waals surface area contributed by atoms with Crippen molar-refractivity contribution in [1.29, 1.82) is 5.26 Å². The number of halogens is 1. The highest BCUT2D eigenvalue weighted by molar-refractivity contribution is 14.1. The van der Waals surface area contributed by atoms with Gasteiger partial charge in [-0.25, -0.2) is 0 Å². The van der Waals surface area contributed by atoms with Crippen LogP contribution >= 0.6 is 22.6 Å². The van der Waals surface area contributed by atoms with Gasteiger partial charge in [0.15, 0.2) is 0 Å². The van der Waals surface area contributed by atoms with Gasteiger partial charge in [0, 0.05) is 5.69 Å². The number of aromatic hydroxyl groups is 1. The fraction of sp³-hybridized carbons (Fsp3) is 0.111. The summed E-state index contributed by atoms with van der Waals surface area (Å²) >= 11 is 1.99. The van der Waals surface area contributed by atoms with E-state index in [0.29, 0.717) is 14.8 Å². The molecule has 5 heteroatoms. The summed E-state index contributed by atoms with van der Waals surface area (Å²) < 4.78 is 0.657. The maximum atomic E-state index is 12.2. The lowest BCUT2D eigenvalue weighted by atomic mass is 10.1. The average molecular weight is 418 g/mol. The zero-order chi connectivity index (χ0) is 16.8. The molecule has 116 valence electrons. The van der Waals surface area contributed by atoms with Gasteiger partial charge in [0.05, 0.1) is 3.57 Å². The van der Waals surface area contributed by atoms with Crippen molar-refractivity contribution >= 4 is 40.3 Å². The Kier molecular flexibility index (Phi) is 5.77. The lowest BCUT2D eigenvalue weighted by molar-refractivity contribution is -0.112. The maximum Gasteiger partial charge on any atom is 0.266 e. The van der Waals surface area contributed by atoms with Crippen molar-refractivity contribution in [2.75, 3.05) is 5.32 Å². The Bertz CT molecular complexity index is 790. The summed E-state index contributed by atoms with van der Waals surface area (Å²) in [5.74, 6) is -0.290. The molecule has 0 radical (unpaired) electrons. The zero-order valence-electron chi connectivity index (χ0n) is 12.5. The van der Waals surface area contributed by atoms with Gasteiger partial charge in [-0.3, -0.25) is 4.79 Å². The van der Waals surface area contributed by atoms with E-state index >= 15 is 0 Å². The van der Waals surface area contributed by atoms with Crippen molar-refractivity contribution in [3.63, 3.8) is 0 Å². The normalized spacial score (nSPS) is 10.9. The van der Waals surface area contributed by atoms with Gasteiger partial charge < -0.3 is 10.4 Å². The summed E-state index contributed by atoms with van der Waals surface area (Å²) in [6.45, 7) is 2.06. The van der Waals surface area contributed by atoms with Gasteiger partial charge in [-0.05, 0) is 70.5 Å². The highest BCUT2D eigenvalue weighted by Gasteiger charge is 2.10. The third-order valence-corrected chi connectivity index (χ3v) is 4.13. The summed E-state index contributed by atoms with van der Waals surface area (Å²) in [5.41, 5.74) is 2.51. The Hall–Kier alpha value is -2.33. The number of phenolic OH excluding ortho intramolecular Hbond substituents is 1. The fourth-order valence-electron chi connectivity index (χ4n) is 1.95. The quantitative estimate of drug-likeness (QED) is 0.446. The number of rotatable bonds is 4. The van der Waals surface area contributed by atoms with Gasteiger partial charge in [0.2, 0.25) is 0 Å². The predicted octanol–water partition coefficient (Wildman–Crippen LogP) is 4.10. The number of anilines is 1. The zero-order valence-corrected chi connectivity index (χ0v) is 14.7. The number of benzene rings is 2. The highest BCUT2D eigenvalue weighted by atomic mass is 127. The van der Waals surface area contributed by atoms with Crippen LogP contribution in [0.15, 0.2) is 48.0 Å². The Morgan fingerprint density at radius 3 is 2.57 bits per heavy atom. The van der Waals surface area contributed by atoms with Crippen molar-refractivity contribution in [3.05, 3.63) is 62.7 Å². The van der Waals surface area contributed by atoms with Crippen LogP contribution in [0.3, 0.4) is 0 Å². The van der Waals surface area contributed by atoms with Gasteiger partial charge in [-0.15, -0.1) is 0 Å². The molecular weight excluding hydrogens is 403 g/mol. The lowest BCUT2D eigenvalue weighted by Crippen LogP contribution is -2.13. The minimum atomic E-state index is -0.458. The van der Waals surface area contributed by atoms with Crippen LogP contribution in [-0.4, -0.2) is 11.0 Å². The lowest BCUT2D eigenvalue weighted by Gasteiger charge is -2.05. The monoisotopic (exact) mass is 418 g/mol. The number of hydrogen-bond acceptors (Lipinski definition) is 3. The Morgan fingerprint density at radius 1 is 1.30 bits per heavy atom. The van der Waals surface area contributed by atoms with E-state index < -0.39 is 5.91 Å². The van der Waals surface area contributed by atoms with E-state index in [-0.39, 0.29) is 11.3 Å². The first-order valence-corrected chi connectivity index (χ1v) is 8.12. The number of hydrogen-bond donors (Lipinski definition) is 2. The van der Waals surface area contributed by atoms with Crippen LogP contribution in [0.1, 0.15) is 18.1 Å². The largest absolute Gasteiger partial charge is 0.507 e. The number of phenols is 1. The molecule has 0 heterocycles.